The van der Waals surface area contributed by atoms with Crippen molar-refractivity contribution in [3.05, 3.63) is 83.9 Å². The first-order valence-electron chi connectivity index (χ1n) is 9.59. The van der Waals surface area contributed by atoms with Gasteiger partial charge in [0.25, 0.3) is 11.8 Å². The Bertz CT molecular complexity index is 1010. The third-order valence-corrected chi connectivity index (χ3v) is 4.25. The number of para-hydroxylation sites is 1. The number of anilines is 2. The van der Waals surface area contributed by atoms with Crippen molar-refractivity contribution in [2.45, 2.75) is 20.0 Å². The Labute approximate surface area is 175 Å². The number of benzene rings is 3. The minimum absolute atomic E-state index is 0.0394. The summed E-state index contributed by atoms with van der Waals surface area (Å²) in [6, 6.07) is 20.9. The Morgan fingerprint density at radius 1 is 0.767 bits per heavy atom. The summed E-state index contributed by atoms with van der Waals surface area (Å²) < 4.78 is 10.8. The van der Waals surface area contributed by atoms with Crippen molar-refractivity contribution in [1.29, 1.82) is 0 Å². The Morgan fingerprint density at radius 2 is 1.33 bits per heavy atom. The number of carbonyl (C=O) groups excluding carboxylic acids is 2. The lowest BCUT2D eigenvalue weighted by Crippen LogP contribution is -2.16. The van der Waals surface area contributed by atoms with Crippen molar-refractivity contribution in [2.24, 2.45) is 0 Å². The fourth-order valence-electron chi connectivity index (χ4n) is 2.79. The molecule has 0 fully saturated rings. The topological polar surface area (TPSA) is 76.7 Å². The lowest BCUT2D eigenvalue weighted by Gasteiger charge is -2.14. The van der Waals surface area contributed by atoms with Crippen LogP contribution in [0.25, 0.3) is 0 Å². The van der Waals surface area contributed by atoms with Crippen LogP contribution in [-0.2, 0) is 0 Å². The molecule has 0 heterocycles. The van der Waals surface area contributed by atoms with Crippen LogP contribution in [0.4, 0.5) is 11.4 Å². The van der Waals surface area contributed by atoms with Gasteiger partial charge in [-0.15, -0.1) is 0 Å². The van der Waals surface area contributed by atoms with E-state index in [1.165, 1.54) is 0 Å². The smallest absolute Gasteiger partial charge is 0.259 e. The third kappa shape index (κ3) is 5.38. The molecule has 2 amide bonds. The van der Waals surface area contributed by atoms with Crippen LogP contribution in [0.15, 0.2) is 72.8 Å². The second kappa shape index (κ2) is 9.60. The summed E-state index contributed by atoms with van der Waals surface area (Å²) in [6.45, 7) is 3.81. The highest BCUT2D eigenvalue weighted by Gasteiger charge is 2.14. The fraction of sp³-hybridized carbons (Fsp3) is 0.167. The lowest BCUT2D eigenvalue weighted by molar-refractivity contribution is 0.101. The highest BCUT2D eigenvalue weighted by Crippen LogP contribution is 2.21. The second-order valence-corrected chi connectivity index (χ2v) is 6.88. The van der Waals surface area contributed by atoms with E-state index < -0.39 is 0 Å². The molecule has 0 unspecified atom stereocenters. The molecule has 3 aromatic rings. The van der Waals surface area contributed by atoms with Gasteiger partial charge in [0.15, 0.2) is 0 Å². The zero-order valence-electron chi connectivity index (χ0n) is 17.1. The SMILES string of the molecule is COc1ccc(NC(=O)c2ccc(NC(=O)c3ccccc3OC(C)C)cc2)cc1. The molecule has 6 heteroatoms. The number of ether oxygens (including phenoxy) is 2. The summed E-state index contributed by atoms with van der Waals surface area (Å²) in [6.07, 6.45) is -0.0394. The molecule has 154 valence electrons. The highest BCUT2D eigenvalue weighted by atomic mass is 16.5. The maximum atomic E-state index is 12.6. The second-order valence-electron chi connectivity index (χ2n) is 6.88. The van der Waals surface area contributed by atoms with E-state index in [1.54, 1.807) is 73.8 Å². The van der Waals surface area contributed by atoms with Crippen LogP contribution in [0.5, 0.6) is 11.5 Å². The summed E-state index contributed by atoms with van der Waals surface area (Å²) in [7, 11) is 1.59. The summed E-state index contributed by atoms with van der Waals surface area (Å²) in [5.41, 5.74) is 2.18. The van der Waals surface area contributed by atoms with Crippen molar-refractivity contribution in [3.8, 4) is 11.5 Å². The van der Waals surface area contributed by atoms with Crippen LogP contribution < -0.4 is 20.1 Å². The van der Waals surface area contributed by atoms with Crippen LogP contribution in [-0.4, -0.2) is 25.0 Å². The average molecular weight is 404 g/mol. The highest BCUT2D eigenvalue weighted by molar-refractivity contribution is 6.07. The molecule has 0 saturated carbocycles. The maximum Gasteiger partial charge on any atom is 0.259 e. The van der Waals surface area contributed by atoms with Crippen molar-refractivity contribution in [1.82, 2.24) is 0 Å². The van der Waals surface area contributed by atoms with E-state index in [0.717, 1.165) is 0 Å². The molecule has 30 heavy (non-hydrogen) atoms. The molecular formula is C24H24N2O4. The van der Waals surface area contributed by atoms with Crippen LogP contribution in [0.1, 0.15) is 34.6 Å². The van der Waals surface area contributed by atoms with Crippen molar-refractivity contribution >= 4 is 23.2 Å². The predicted octanol–water partition coefficient (Wildman–Crippen LogP) is 4.99. The van der Waals surface area contributed by atoms with Gasteiger partial charge in [0.2, 0.25) is 0 Å². The zero-order valence-corrected chi connectivity index (χ0v) is 17.1. The molecule has 6 nitrogen and oxygen atoms in total. The number of hydrogen-bond donors (Lipinski definition) is 2. The molecular weight excluding hydrogens is 380 g/mol. The summed E-state index contributed by atoms with van der Waals surface area (Å²) in [5.74, 6) is 0.726. The van der Waals surface area contributed by atoms with E-state index in [4.69, 9.17) is 9.47 Å². The number of rotatable bonds is 7. The number of amides is 2. The van der Waals surface area contributed by atoms with Gasteiger partial charge in [-0.2, -0.15) is 0 Å². The first kappa shape index (κ1) is 20.9. The molecule has 0 radical (unpaired) electrons. The van der Waals surface area contributed by atoms with E-state index in [1.807, 2.05) is 19.9 Å². The molecule has 0 bridgehead atoms. The molecule has 2 N–H and O–H groups in total. The van der Waals surface area contributed by atoms with Gasteiger partial charge >= 0.3 is 0 Å². The molecule has 0 aromatic heterocycles. The summed E-state index contributed by atoms with van der Waals surface area (Å²) >= 11 is 0. The van der Waals surface area contributed by atoms with Gasteiger partial charge in [-0.3, -0.25) is 9.59 Å². The third-order valence-electron chi connectivity index (χ3n) is 4.25. The van der Waals surface area contributed by atoms with Gasteiger partial charge in [0.05, 0.1) is 18.8 Å². The van der Waals surface area contributed by atoms with Crippen molar-refractivity contribution in [3.63, 3.8) is 0 Å². The van der Waals surface area contributed by atoms with Crippen LogP contribution in [0.3, 0.4) is 0 Å². The number of methoxy groups -OCH3 is 1. The van der Waals surface area contributed by atoms with E-state index in [9.17, 15) is 9.59 Å². The summed E-state index contributed by atoms with van der Waals surface area (Å²) in [4.78, 5) is 25.1. The van der Waals surface area contributed by atoms with Gasteiger partial charge in [0, 0.05) is 16.9 Å². The molecule has 3 aromatic carbocycles. The van der Waals surface area contributed by atoms with Crippen LogP contribution >= 0.6 is 0 Å². The largest absolute Gasteiger partial charge is 0.497 e. The van der Waals surface area contributed by atoms with E-state index >= 15 is 0 Å². The van der Waals surface area contributed by atoms with Crippen LogP contribution in [0.2, 0.25) is 0 Å². The van der Waals surface area contributed by atoms with Crippen LogP contribution in [0, 0.1) is 0 Å². The quantitative estimate of drug-likeness (QED) is 0.582. The van der Waals surface area contributed by atoms with Crippen molar-refractivity contribution < 1.29 is 19.1 Å². The first-order valence-corrected chi connectivity index (χ1v) is 9.59. The Morgan fingerprint density at radius 3 is 1.93 bits per heavy atom. The normalized spacial score (nSPS) is 10.4. The average Bonchev–Trinajstić information content (AvgIpc) is 2.74. The molecule has 3 rings (SSSR count). The predicted molar refractivity (Wildman–Crippen MR) is 118 cm³/mol. The summed E-state index contributed by atoms with van der Waals surface area (Å²) in [5, 5.41) is 5.66. The molecule has 0 aliphatic heterocycles. The zero-order chi connectivity index (χ0) is 21.5. The maximum absolute atomic E-state index is 12.6. The first-order chi connectivity index (χ1) is 14.5. The van der Waals surface area contributed by atoms with Gasteiger partial charge in [-0.05, 0) is 74.5 Å². The molecule has 0 spiro atoms. The Balaban J connectivity index is 1.65. The van der Waals surface area contributed by atoms with E-state index in [0.29, 0.717) is 34.0 Å². The number of hydrogen-bond acceptors (Lipinski definition) is 4. The molecule has 0 saturated heterocycles. The van der Waals surface area contributed by atoms with E-state index in [2.05, 4.69) is 10.6 Å². The Kier molecular flexibility index (Phi) is 6.70. The van der Waals surface area contributed by atoms with Gasteiger partial charge < -0.3 is 20.1 Å². The molecule has 0 atom stereocenters. The van der Waals surface area contributed by atoms with E-state index in [-0.39, 0.29) is 17.9 Å². The number of nitrogens with one attached hydrogen (secondary N) is 2. The lowest BCUT2D eigenvalue weighted by atomic mass is 10.1. The molecule has 0 aliphatic carbocycles. The molecule has 0 aliphatic rings. The van der Waals surface area contributed by atoms with Gasteiger partial charge in [0.1, 0.15) is 11.5 Å². The monoisotopic (exact) mass is 404 g/mol. The minimum Gasteiger partial charge on any atom is -0.497 e. The van der Waals surface area contributed by atoms with Crippen molar-refractivity contribution in [2.75, 3.05) is 17.7 Å². The standard InChI is InChI=1S/C24H24N2O4/c1-16(2)30-22-7-5-4-6-21(22)24(28)26-18-10-8-17(9-11-18)23(27)25-19-12-14-20(29-3)15-13-19/h4-16H,1-3H3,(H,25,27)(H,26,28). The Hall–Kier alpha value is -3.80. The van der Waals surface area contributed by atoms with Gasteiger partial charge in [-0.25, -0.2) is 0 Å². The fourth-order valence-corrected chi connectivity index (χ4v) is 2.79. The minimum atomic E-state index is -0.276. The number of carbonyl (C=O) groups is 2. The van der Waals surface area contributed by atoms with Gasteiger partial charge in [-0.1, -0.05) is 12.1 Å².